The van der Waals surface area contributed by atoms with E-state index in [1.54, 1.807) is 0 Å². The van der Waals surface area contributed by atoms with Gasteiger partial charge in [0, 0.05) is 30.3 Å². The zero-order valence-electron chi connectivity index (χ0n) is 16.1. The molecule has 0 fully saturated rings. The topological polar surface area (TPSA) is 35.5 Å². The van der Waals surface area contributed by atoms with Crippen LogP contribution in [0.2, 0.25) is 0 Å². The van der Waals surface area contributed by atoms with Gasteiger partial charge in [0.2, 0.25) is 0 Å². The Kier molecular flexibility index (Phi) is 9.71. The van der Waals surface area contributed by atoms with Crippen molar-refractivity contribution in [3.8, 4) is 16.9 Å². The normalized spacial score (nSPS) is 12.1. The third-order valence-electron chi connectivity index (χ3n) is 4.35. The van der Waals surface area contributed by atoms with Gasteiger partial charge in [-0.2, -0.15) is 0 Å². The predicted molar refractivity (Wildman–Crippen MR) is 128 cm³/mol. The molecule has 1 unspecified atom stereocenters. The van der Waals surface area contributed by atoms with Gasteiger partial charge in [0.15, 0.2) is 0 Å². The van der Waals surface area contributed by atoms with Crippen molar-refractivity contribution in [3.63, 3.8) is 0 Å². The molecule has 2 rings (SSSR count). The van der Waals surface area contributed by atoms with Crippen LogP contribution in [0.25, 0.3) is 11.1 Å². The summed E-state index contributed by atoms with van der Waals surface area (Å²) in [5.74, 6) is 1.54. The first-order valence-corrected chi connectivity index (χ1v) is 14.1. The van der Waals surface area contributed by atoms with Gasteiger partial charge >= 0.3 is 0 Å². The highest BCUT2D eigenvalue weighted by Crippen LogP contribution is 2.32. The maximum absolute atomic E-state index is 12.6. The molecule has 0 radical (unpaired) electrons. The Labute approximate surface area is 180 Å². The van der Waals surface area contributed by atoms with E-state index in [4.69, 9.17) is 9.47 Å². The second kappa shape index (κ2) is 11.5. The highest BCUT2D eigenvalue weighted by molar-refractivity contribution is 14.1. The number of halogens is 1. The quantitative estimate of drug-likeness (QED) is 0.178. The van der Waals surface area contributed by atoms with Gasteiger partial charge in [-0.3, -0.25) is 4.21 Å². The predicted octanol–water partition coefficient (Wildman–Crippen LogP) is 5.73. The van der Waals surface area contributed by atoms with Gasteiger partial charge in [0.1, 0.15) is 5.75 Å². The van der Waals surface area contributed by atoms with Crippen molar-refractivity contribution in [1.29, 1.82) is 0 Å². The van der Waals surface area contributed by atoms with Crippen molar-refractivity contribution in [2.24, 2.45) is 0 Å². The highest BCUT2D eigenvalue weighted by atomic mass is 127. The van der Waals surface area contributed by atoms with E-state index in [9.17, 15) is 4.21 Å². The number of hydrogen-bond acceptors (Lipinski definition) is 3. The molecular weight excluding hydrogens is 490 g/mol. The van der Waals surface area contributed by atoms with E-state index in [1.165, 1.54) is 0 Å². The summed E-state index contributed by atoms with van der Waals surface area (Å²) in [6.07, 6.45) is 3.17. The number of rotatable bonds is 11. The standard InChI is InChI=1S/C21H30IO3PS/c1-3-5-12-24-13-7-14-25-21-11-10-18(16-20(21)22)17-8-6-9-19(15-17)27(23,26)4-2/h6,8-11,15-16,27H,3-5,7,12-14,26H2,1-2H3. The molecule has 2 aromatic rings. The summed E-state index contributed by atoms with van der Waals surface area (Å²) in [5, 5.41) is 0. The van der Waals surface area contributed by atoms with Crippen LogP contribution in [0.1, 0.15) is 33.1 Å². The van der Waals surface area contributed by atoms with Crippen LogP contribution in [-0.4, -0.2) is 29.8 Å². The van der Waals surface area contributed by atoms with Crippen LogP contribution in [0.5, 0.6) is 5.75 Å². The largest absolute Gasteiger partial charge is 0.492 e. The van der Waals surface area contributed by atoms with Gasteiger partial charge in [-0.05, 0) is 64.4 Å². The van der Waals surface area contributed by atoms with Crippen LogP contribution in [0.3, 0.4) is 0 Å². The van der Waals surface area contributed by atoms with Crippen LogP contribution in [-0.2, 0) is 14.3 Å². The summed E-state index contributed by atoms with van der Waals surface area (Å²) in [7, 11) is 0.199. The minimum Gasteiger partial charge on any atom is -0.492 e. The fourth-order valence-electron chi connectivity index (χ4n) is 2.59. The molecule has 0 bridgehead atoms. The second-order valence-electron chi connectivity index (χ2n) is 6.48. The number of benzene rings is 2. The van der Waals surface area contributed by atoms with E-state index in [2.05, 4.69) is 56.2 Å². The lowest BCUT2D eigenvalue weighted by Gasteiger charge is -2.17. The molecule has 1 atom stereocenters. The molecule has 0 spiro atoms. The zero-order valence-corrected chi connectivity index (χ0v) is 20.3. The highest BCUT2D eigenvalue weighted by Gasteiger charge is 2.11. The molecule has 0 aliphatic heterocycles. The minimum absolute atomic E-state index is 0.646. The first kappa shape index (κ1) is 22.8. The first-order chi connectivity index (χ1) is 13.0. The molecule has 2 aromatic carbocycles. The lowest BCUT2D eigenvalue weighted by molar-refractivity contribution is 0.117. The SMILES string of the molecule is CCCCOCCCOc1ccc(-c2cccc([SH](=O)(P)CC)c2)cc1I. The third kappa shape index (κ3) is 7.12. The third-order valence-corrected chi connectivity index (χ3v) is 9.28. The molecule has 0 N–H and O–H groups in total. The molecule has 3 nitrogen and oxygen atoms in total. The maximum atomic E-state index is 12.6. The van der Waals surface area contributed by atoms with Gasteiger partial charge in [-0.25, -0.2) is 0 Å². The van der Waals surface area contributed by atoms with Gasteiger partial charge < -0.3 is 9.47 Å². The van der Waals surface area contributed by atoms with Crippen LogP contribution >= 0.6 is 31.0 Å². The number of unbranched alkanes of at least 4 members (excludes halogenated alkanes) is 1. The summed E-state index contributed by atoms with van der Waals surface area (Å²) >= 11 is 2.31. The maximum Gasteiger partial charge on any atom is 0.132 e. The molecule has 0 heterocycles. The van der Waals surface area contributed by atoms with Crippen LogP contribution < -0.4 is 4.74 Å². The van der Waals surface area contributed by atoms with Crippen molar-refractivity contribution < 1.29 is 13.7 Å². The smallest absolute Gasteiger partial charge is 0.132 e. The summed E-state index contributed by atoms with van der Waals surface area (Å²) in [6, 6.07) is 14.2. The number of thiol groups is 1. The first-order valence-electron chi connectivity index (χ1n) is 9.46. The van der Waals surface area contributed by atoms with Gasteiger partial charge in [0.25, 0.3) is 0 Å². The Hall–Kier alpha value is -0.490. The molecule has 0 saturated heterocycles. The summed E-state index contributed by atoms with van der Waals surface area (Å²) in [6.45, 7) is 6.36. The number of hydrogen-bond donors (Lipinski definition) is 1. The molecular formula is C21H30IO3PS. The van der Waals surface area contributed by atoms with Gasteiger partial charge in [-0.15, -0.1) is 0 Å². The van der Waals surface area contributed by atoms with E-state index in [1.807, 2.05) is 31.2 Å². The summed E-state index contributed by atoms with van der Waals surface area (Å²) < 4.78 is 25.2. The van der Waals surface area contributed by atoms with Crippen molar-refractivity contribution in [3.05, 3.63) is 46.0 Å². The van der Waals surface area contributed by atoms with E-state index >= 15 is 0 Å². The van der Waals surface area contributed by atoms with E-state index in [0.717, 1.165) is 57.8 Å². The molecule has 0 aromatic heterocycles. The van der Waals surface area contributed by atoms with Crippen LogP contribution in [0.4, 0.5) is 0 Å². The lowest BCUT2D eigenvalue weighted by Crippen LogP contribution is -2.05. The molecule has 0 saturated carbocycles. The van der Waals surface area contributed by atoms with Gasteiger partial charge in [-0.1, -0.05) is 56.5 Å². The molecule has 0 aliphatic rings. The minimum atomic E-state index is -2.35. The fraction of sp³-hybridized carbons (Fsp3) is 0.429. The van der Waals surface area contributed by atoms with Crippen molar-refractivity contribution in [2.45, 2.75) is 38.0 Å². The van der Waals surface area contributed by atoms with Crippen LogP contribution in [0.15, 0.2) is 47.4 Å². The molecule has 27 heavy (non-hydrogen) atoms. The summed E-state index contributed by atoms with van der Waals surface area (Å²) in [4.78, 5) is 0.908. The number of ether oxygens (including phenoxy) is 2. The average Bonchev–Trinajstić information content (AvgIpc) is 2.68. The Morgan fingerprint density at radius 1 is 1.00 bits per heavy atom. The van der Waals surface area contributed by atoms with E-state index in [-0.39, 0.29) is 0 Å². The van der Waals surface area contributed by atoms with E-state index in [0.29, 0.717) is 12.4 Å². The summed E-state index contributed by atoms with van der Waals surface area (Å²) in [5.41, 5.74) is 2.19. The average molecular weight is 520 g/mol. The molecule has 0 amide bonds. The lowest BCUT2D eigenvalue weighted by atomic mass is 10.1. The molecule has 0 aliphatic carbocycles. The van der Waals surface area contributed by atoms with E-state index < -0.39 is 9.55 Å². The fourth-order valence-corrected chi connectivity index (χ4v) is 4.81. The van der Waals surface area contributed by atoms with Crippen LogP contribution in [0, 0.1) is 3.57 Å². The second-order valence-corrected chi connectivity index (χ2v) is 12.9. The zero-order chi connectivity index (χ0) is 19.7. The monoisotopic (exact) mass is 520 g/mol. The Morgan fingerprint density at radius 3 is 2.44 bits per heavy atom. The molecule has 6 heteroatoms. The Morgan fingerprint density at radius 2 is 1.74 bits per heavy atom. The van der Waals surface area contributed by atoms with Crippen molar-refractivity contribution in [2.75, 3.05) is 25.6 Å². The Bertz CT molecular complexity index is 782. The van der Waals surface area contributed by atoms with Crippen molar-refractivity contribution >= 4 is 40.6 Å². The molecule has 150 valence electrons. The van der Waals surface area contributed by atoms with Crippen molar-refractivity contribution in [1.82, 2.24) is 0 Å². The Balaban J connectivity index is 1.98. The van der Waals surface area contributed by atoms with Gasteiger partial charge in [0.05, 0.1) is 10.2 Å².